The van der Waals surface area contributed by atoms with Crippen molar-refractivity contribution in [2.24, 2.45) is 0 Å². The summed E-state index contributed by atoms with van der Waals surface area (Å²) in [5, 5.41) is 0. The number of rotatable bonds is 2. The number of hydrogen-bond acceptors (Lipinski definition) is 6. The summed E-state index contributed by atoms with van der Waals surface area (Å²) in [5.41, 5.74) is 1.53. The number of pyridine rings is 1. The Labute approximate surface area is 125 Å². The number of nitrogens with zero attached hydrogens (tertiary/aromatic N) is 6. The smallest absolute Gasteiger partial charge is 0.182 e. The molecule has 0 radical (unpaired) electrons. The highest BCUT2D eigenvalue weighted by Crippen LogP contribution is 2.22. The van der Waals surface area contributed by atoms with Crippen molar-refractivity contribution in [1.29, 1.82) is 0 Å². The van der Waals surface area contributed by atoms with E-state index in [0.717, 1.165) is 43.3 Å². The number of halogens is 1. The van der Waals surface area contributed by atoms with Crippen molar-refractivity contribution in [2.45, 2.75) is 0 Å². The largest absolute Gasteiger partial charge is 0.353 e. The number of piperazine rings is 1. The molecule has 0 aromatic carbocycles. The fourth-order valence-corrected chi connectivity index (χ4v) is 2.69. The van der Waals surface area contributed by atoms with Gasteiger partial charge in [-0.1, -0.05) is 0 Å². The number of imidazole rings is 1. The molecule has 1 saturated heterocycles. The third-order valence-electron chi connectivity index (χ3n) is 3.82. The SMILES string of the molecule is Fc1ccc(N2CCN(c3ncnc4nc[nH]c34)CC2)nc1. The van der Waals surface area contributed by atoms with Crippen LogP contribution in [0.4, 0.5) is 16.0 Å². The first-order valence-electron chi connectivity index (χ1n) is 7.07. The Balaban J connectivity index is 1.52. The summed E-state index contributed by atoms with van der Waals surface area (Å²) in [5.74, 6) is 1.36. The molecule has 0 spiro atoms. The molecule has 0 saturated carbocycles. The maximum atomic E-state index is 12.9. The van der Waals surface area contributed by atoms with E-state index in [1.807, 2.05) is 0 Å². The summed E-state index contributed by atoms with van der Waals surface area (Å²) in [4.78, 5) is 24.2. The molecule has 22 heavy (non-hydrogen) atoms. The van der Waals surface area contributed by atoms with Crippen LogP contribution < -0.4 is 9.80 Å². The van der Waals surface area contributed by atoms with Crippen molar-refractivity contribution in [3.8, 4) is 0 Å². The van der Waals surface area contributed by atoms with Gasteiger partial charge in [-0.25, -0.2) is 24.3 Å². The molecule has 0 unspecified atom stereocenters. The van der Waals surface area contributed by atoms with Gasteiger partial charge in [-0.05, 0) is 12.1 Å². The van der Waals surface area contributed by atoms with Crippen LogP contribution >= 0.6 is 0 Å². The third-order valence-corrected chi connectivity index (χ3v) is 3.82. The maximum Gasteiger partial charge on any atom is 0.182 e. The van der Waals surface area contributed by atoms with Crippen LogP contribution in [0.15, 0.2) is 31.0 Å². The molecule has 0 amide bonds. The minimum atomic E-state index is -0.315. The lowest BCUT2D eigenvalue weighted by Gasteiger charge is -2.36. The summed E-state index contributed by atoms with van der Waals surface area (Å²) >= 11 is 0. The standard InChI is InChI=1S/C14H14FN7/c15-10-1-2-11(16-7-10)21-3-5-22(6-4-21)14-12-13(18-8-17-12)19-9-20-14/h1-2,7-9H,3-6H2,(H,17,18,19,20). The average molecular weight is 299 g/mol. The van der Waals surface area contributed by atoms with E-state index in [1.54, 1.807) is 12.4 Å². The fourth-order valence-electron chi connectivity index (χ4n) is 2.69. The Hall–Kier alpha value is -2.77. The lowest BCUT2D eigenvalue weighted by molar-refractivity contribution is 0.614. The zero-order valence-electron chi connectivity index (χ0n) is 11.8. The van der Waals surface area contributed by atoms with Crippen molar-refractivity contribution < 1.29 is 4.39 Å². The summed E-state index contributed by atoms with van der Waals surface area (Å²) in [7, 11) is 0. The second-order valence-corrected chi connectivity index (χ2v) is 5.11. The van der Waals surface area contributed by atoms with E-state index >= 15 is 0 Å². The normalized spacial score (nSPS) is 15.5. The monoisotopic (exact) mass is 299 g/mol. The van der Waals surface area contributed by atoms with Crippen LogP contribution in [0, 0.1) is 5.82 Å². The molecule has 112 valence electrons. The predicted molar refractivity (Wildman–Crippen MR) is 80.3 cm³/mol. The Bertz CT molecular complexity index is 777. The maximum absolute atomic E-state index is 12.9. The van der Waals surface area contributed by atoms with E-state index in [1.165, 1.54) is 18.6 Å². The summed E-state index contributed by atoms with van der Waals surface area (Å²) in [6, 6.07) is 3.15. The molecule has 1 aliphatic heterocycles. The van der Waals surface area contributed by atoms with Gasteiger partial charge in [0.1, 0.15) is 23.5 Å². The highest BCUT2D eigenvalue weighted by molar-refractivity contribution is 5.82. The van der Waals surface area contributed by atoms with Crippen LogP contribution in [0.3, 0.4) is 0 Å². The van der Waals surface area contributed by atoms with E-state index in [-0.39, 0.29) is 5.82 Å². The molecule has 3 aromatic heterocycles. The molecule has 4 rings (SSSR count). The Kier molecular flexibility index (Phi) is 3.06. The number of hydrogen-bond donors (Lipinski definition) is 1. The number of H-pyrrole nitrogens is 1. The number of fused-ring (bicyclic) bond motifs is 1. The van der Waals surface area contributed by atoms with Gasteiger partial charge in [0.25, 0.3) is 0 Å². The molecule has 0 bridgehead atoms. The fraction of sp³-hybridized carbons (Fsp3) is 0.286. The van der Waals surface area contributed by atoms with Crippen LogP contribution in [0.5, 0.6) is 0 Å². The lowest BCUT2D eigenvalue weighted by atomic mass is 10.3. The van der Waals surface area contributed by atoms with Crippen molar-refractivity contribution in [1.82, 2.24) is 24.9 Å². The van der Waals surface area contributed by atoms with E-state index in [2.05, 4.69) is 34.7 Å². The number of aromatic nitrogens is 5. The highest BCUT2D eigenvalue weighted by atomic mass is 19.1. The first-order chi connectivity index (χ1) is 10.8. The molecule has 1 fully saturated rings. The zero-order valence-corrected chi connectivity index (χ0v) is 11.8. The Morgan fingerprint density at radius 1 is 0.955 bits per heavy atom. The van der Waals surface area contributed by atoms with Crippen LogP contribution in [0.2, 0.25) is 0 Å². The quantitative estimate of drug-likeness (QED) is 0.767. The number of aromatic amines is 1. The topological polar surface area (TPSA) is 73.8 Å². The molecule has 7 nitrogen and oxygen atoms in total. The molecule has 3 aromatic rings. The molecule has 8 heteroatoms. The Morgan fingerprint density at radius 3 is 2.55 bits per heavy atom. The molecular weight excluding hydrogens is 285 g/mol. The Morgan fingerprint density at radius 2 is 1.77 bits per heavy atom. The van der Waals surface area contributed by atoms with Crippen molar-refractivity contribution in [3.05, 3.63) is 36.8 Å². The summed E-state index contributed by atoms with van der Waals surface area (Å²) in [6.45, 7) is 3.23. The molecule has 0 aliphatic carbocycles. The number of anilines is 2. The summed E-state index contributed by atoms with van der Waals surface area (Å²) in [6.07, 6.45) is 4.41. The first-order valence-corrected chi connectivity index (χ1v) is 7.07. The van der Waals surface area contributed by atoms with Gasteiger partial charge in [0.15, 0.2) is 11.5 Å². The minimum Gasteiger partial charge on any atom is -0.353 e. The zero-order chi connectivity index (χ0) is 14.9. The van der Waals surface area contributed by atoms with Gasteiger partial charge >= 0.3 is 0 Å². The van der Waals surface area contributed by atoms with Crippen LogP contribution in [0.1, 0.15) is 0 Å². The third kappa shape index (κ3) is 2.22. The first kappa shape index (κ1) is 12.9. The lowest BCUT2D eigenvalue weighted by Crippen LogP contribution is -2.47. The molecular formula is C14H14FN7. The van der Waals surface area contributed by atoms with Gasteiger partial charge < -0.3 is 14.8 Å². The van der Waals surface area contributed by atoms with E-state index in [0.29, 0.717) is 5.65 Å². The van der Waals surface area contributed by atoms with Crippen molar-refractivity contribution in [2.75, 3.05) is 36.0 Å². The van der Waals surface area contributed by atoms with Crippen LogP contribution in [-0.4, -0.2) is 51.1 Å². The number of nitrogens with one attached hydrogen (secondary N) is 1. The minimum absolute atomic E-state index is 0.315. The van der Waals surface area contributed by atoms with E-state index in [4.69, 9.17) is 0 Å². The van der Waals surface area contributed by atoms with E-state index in [9.17, 15) is 4.39 Å². The van der Waals surface area contributed by atoms with Gasteiger partial charge in [0.2, 0.25) is 0 Å². The van der Waals surface area contributed by atoms with Gasteiger partial charge in [0.05, 0.1) is 12.5 Å². The van der Waals surface area contributed by atoms with Crippen molar-refractivity contribution in [3.63, 3.8) is 0 Å². The molecule has 4 heterocycles. The highest BCUT2D eigenvalue weighted by Gasteiger charge is 2.21. The second kappa shape index (κ2) is 5.21. The second-order valence-electron chi connectivity index (χ2n) is 5.11. The molecule has 1 aliphatic rings. The van der Waals surface area contributed by atoms with Crippen LogP contribution in [-0.2, 0) is 0 Å². The van der Waals surface area contributed by atoms with Gasteiger partial charge in [-0.3, -0.25) is 0 Å². The predicted octanol–water partition coefficient (Wildman–Crippen LogP) is 1.21. The van der Waals surface area contributed by atoms with Gasteiger partial charge in [0, 0.05) is 26.2 Å². The van der Waals surface area contributed by atoms with Crippen LogP contribution in [0.25, 0.3) is 11.2 Å². The average Bonchev–Trinajstić information content (AvgIpc) is 3.04. The van der Waals surface area contributed by atoms with Gasteiger partial charge in [-0.2, -0.15) is 0 Å². The molecule has 0 atom stereocenters. The van der Waals surface area contributed by atoms with Gasteiger partial charge in [-0.15, -0.1) is 0 Å². The van der Waals surface area contributed by atoms with Crippen molar-refractivity contribution >= 4 is 22.8 Å². The van der Waals surface area contributed by atoms with E-state index < -0.39 is 0 Å². The summed E-state index contributed by atoms with van der Waals surface area (Å²) < 4.78 is 12.9. The molecule has 1 N–H and O–H groups in total.